The van der Waals surface area contributed by atoms with E-state index in [-0.39, 0.29) is 28.9 Å². The molecule has 0 saturated carbocycles. The molecule has 0 bridgehead atoms. The highest BCUT2D eigenvalue weighted by Crippen LogP contribution is 2.30. The van der Waals surface area contributed by atoms with E-state index in [0.29, 0.717) is 42.4 Å². The number of aromatic nitrogens is 1. The predicted molar refractivity (Wildman–Crippen MR) is 124 cm³/mol. The van der Waals surface area contributed by atoms with Crippen molar-refractivity contribution in [2.45, 2.75) is 46.6 Å². The highest BCUT2D eigenvalue weighted by Gasteiger charge is 2.31. The smallest absolute Gasteiger partial charge is 0.338 e. The van der Waals surface area contributed by atoms with E-state index >= 15 is 0 Å². The van der Waals surface area contributed by atoms with Crippen LogP contribution < -0.4 is 9.47 Å². The van der Waals surface area contributed by atoms with Crippen LogP contribution >= 0.6 is 0 Å². The highest BCUT2D eigenvalue weighted by molar-refractivity contribution is 7.91. The number of hydrogen-bond donors (Lipinski definition) is 0. The van der Waals surface area contributed by atoms with Crippen molar-refractivity contribution in [1.82, 2.24) is 4.57 Å². The lowest BCUT2D eigenvalue weighted by Gasteiger charge is -2.16. The number of carbonyl (C=O) groups excluding carboxylic acids is 2. The Kier molecular flexibility index (Phi) is 7.84. The number of aryl methyl sites for hydroxylation is 1. The van der Waals surface area contributed by atoms with Crippen LogP contribution in [0.15, 0.2) is 24.3 Å². The summed E-state index contributed by atoms with van der Waals surface area (Å²) in [6, 6.07) is 6.33. The lowest BCUT2D eigenvalue weighted by molar-refractivity contribution is 0.0474. The zero-order valence-electron chi connectivity index (χ0n) is 19.5. The summed E-state index contributed by atoms with van der Waals surface area (Å²) in [6.07, 6.45) is 1.37. The number of nitrogens with zero attached hydrogens (tertiary/aromatic N) is 1. The molecule has 0 amide bonds. The number of hydrogen-bond acceptors (Lipinski definition) is 7. The number of carbonyl (C=O) groups is 2. The van der Waals surface area contributed by atoms with E-state index in [1.165, 1.54) is 0 Å². The molecule has 0 spiro atoms. The Morgan fingerprint density at radius 1 is 1.09 bits per heavy atom. The van der Waals surface area contributed by atoms with Crippen LogP contribution in [-0.2, 0) is 14.6 Å². The number of ether oxygens (including phenoxy) is 3. The zero-order chi connectivity index (χ0) is 24.2. The molecule has 1 aromatic heterocycles. The van der Waals surface area contributed by atoms with Crippen molar-refractivity contribution in [3.05, 3.63) is 46.8 Å². The Labute approximate surface area is 194 Å². The van der Waals surface area contributed by atoms with E-state index in [1.807, 2.05) is 25.3 Å². The van der Waals surface area contributed by atoms with E-state index < -0.39 is 22.4 Å². The van der Waals surface area contributed by atoms with Gasteiger partial charge in [0.05, 0.1) is 30.3 Å². The first-order chi connectivity index (χ1) is 15.7. The predicted octanol–water partition coefficient (Wildman–Crippen LogP) is 3.69. The summed E-state index contributed by atoms with van der Waals surface area (Å²) in [5, 5.41) is 0. The average Bonchev–Trinajstić information content (AvgIpc) is 3.28. The van der Waals surface area contributed by atoms with Gasteiger partial charge in [0.25, 0.3) is 0 Å². The molecule has 1 aliphatic rings. The van der Waals surface area contributed by atoms with Crippen LogP contribution in [-0.4, -0.2) is 56.1 Å². The standard InChI is InChI=1S/C24H31NO7S/c1-5-10-31-22-8-7-18(13-23(22)30-6-2)24(27)32-14-21(26)20-12-16(3)25(17(20)4)19-9-11-33(28,29)15-19/h7-8,12-13,19H,5-6,9-11,14-15H2,1-4H3. The maximum atomic E-state index is 12.8. The molecule has 1 aromatic carbocycles. The first-order valence-corrected chi connectivity index (χ1v) is 13.0. The van der Waals surface area contributed by atoms with Gasteiger partial charge in [0.2, 0.25) is 5.78 Å². The molecule has 2 aromatic rings. The zero-order valence-corrected chi connectivity index (χ0v) is 20.4. The van der Waals surface area contributed by atoms with Crippen LogP contribution in [0.4, 0.5) is 0 Å². The van der Waals surface area contributed by atoms with Crippen molar-refractivity contribution in [2.24, 2.45) is 0 Å². The Bertz CT molecular complexity index is 1130. The van der Waals surface area contributed by atoms with E-state index in [9.17, 15) is 18.0 Å². The molecule has 1 atom stereocenters. The molecule has 0 radical (unpaired) electrons. The number of esters is 1. The molecule has 8 nitrogen and oxygen atoms in total. The minimum absolute atomic E-state index is 0.0755. The van der Waals surface area contributed by atoms with E-state index in [4.69, 9.17) is 14.2 Å². The molecule has 1 aliphatic heterocycles. The molecular formula is C24H31NO7S. The summed E-state index contributed by atoms with van der Waals surface area (Å²) in [4.78, 5) is 25.4. The molecule has 0 aliphatic carbocycles. The van der Waals surface area contributed by atoms with E-state index in [1.54, 1.807) is 31.2 Å². The molecule has 180 valence electrons. The minimum atomic E-state index is -3.05. The fourth-order valence-corrected chi connectivity index (χ4v) is 5.83. The van der Waals surface area contributed by atoms with E-state index in [0.717, 1.165) is 12.1 Å². The van der Waals surface area contributed by atoms with Gasteiger partial charge >= 0.3 is 5.97 Å². The van der Waals surface area contributed by atoms with Crippen LogP contribution in [0.25, 0.3) is 0 Å². The van der Waals surface area contributed by atoms with Crippen molar-refractivity contribution in [3.8, 4) is 11.5 Å². The second kappa shape index (κ2) is 10.4. The first kappa shape index (κ1) is 24.8. The normalized spacial score (nSPS) is 17.0. The van der Waals surface area contributed by atoms with Gasteiger partial charge in [-0.1, -0.05) is 6.92 Å². The number of sulfone groups is 1. The Balaban J connectivity index is 1.69. The topological polar surface area (TPSA) is 101 Å². The third-order valence-electron chi connectivity index (χ3n) is 5.63. The van der Waals surface area contributed by atoms with Crippen molar-refractivity contribution in [2.75, 3.05) is 31.3 Å². The molecule has 1 saturated heterocycles. The van der Waals surface area contributed by atoms with Crippen LogP contribution in [0.1, 0.15) is 64.8 Å². The molecule has 0 N–H and O–H groups in total. The average molecular weight is 478 g/mol. The summed E-state index contributed by atoms with van der Waals surface area (Å²) in [6.45, 7) is 8.00. The lowest BCUT2D eigenvalue weighted by Crippen LogP contribution is -2.17. The first-order valence-electron chi connectivity index (χ1n) is 11.2. The molecule has 1 fully saturated rings. The van der Waals surface area contributed by atoms with Gasteiger partial charge in [-0.3, -0.25) is 4.79 Å². The van der Waals surface area contributed by atoms with Gasteiger partial charge < -0.3 is 18.8 Å². The van der Waals surface area contributed by atoms with Crippen molar-refractivity contribution < 1.29 is 32.2 Å². The lowest BCUT2D eigenvalue weighted by atomic mass is 10.1. The Morgan fingerprint density at radius 2 is 1.85 bits per heavy atom. The van der Waals surface area contributed by atoms with Gasteiger partial charge in [-0.25, -0.2) is 13.2 Å². The largest absolute Gasteiger partial charge is 0.490 e. The van der Waals surface area contributed by atoms with Gasteiger partial charge in [-0.05, 0) is 57.9 Å². The third kappa shape index (κ3) is 5.76. The van der Waals surface area contributed by atoms with E-state index in [2.05, 4.69) is 0 Å². The second-order valence-electron chi connectivity index (χ2n) is 8.15. The minimum Gasteiger partial charge on any atom is -0.490 e. The van der Waals surface area contributed by atoms with Crippen molar-refractivity contribution in [1.29, 1.82) is 0 Å². The van der Waals surface area contributed by atoms with Gasteiger partial charge in [0, 0.05) is 23.0 Å². The molecule has 33 heavy (non-hydrogen) atoms. The van der Waals surface area contributed by atoms with Gasteiger partial charge in [0.15, 0.2) is 27.9 Å². The molecular weight excluding hydrogens is 446 g/mol. The van der Waals surface area contributed by atoms with Crippen LogP contribution in [0.5, 0.6) is 11.5 Å². The number of rotatable bonds is 10. The fourth-order valence-electron chi connectivity index (χ4n) is 4.13. The van der Waals surface area contributed by atoms with Crippen LogP contribution in [0, 0.1) is 13.8 Å². The Hall–Kier alpha value is -2.81. The maximum Gasteiger partial charge on any atom is 0.338 e. The Morgan fingerprint density at radius 3 is 2.48 bits per heavy atom. The summed E-state index contributed by atoms with van der Waals surface area (Å²) < 4.78 is 42.1. The van der Waals surface area contributed by atoms with Crippen molar-refractivity contribution in [3.63, 3.8) is 0 Å². The monoisotopic (exact) mass is 477 g/mol. The second-order valence-corrected chi connectivity index (χ2v) is 10.4. The van der Waals surface area contributed by atoms with Gasteiger partial charge in [0.1, 0.15) is 0 Å². The maximum absolute atomic E-state index is 12.8. The third-order valence-corrected chi connectivity index (χ3v) is 7.38. The molecule has 9 heteroatoms. The fraction of sp³-hybridized carbons (Fsp3) is 0.500. The molecule has 2 heterocycles. The number of benzene rings is 1. The van der Waals surface area contributed by atoms with Crippen LogP contribution in [0.3, 0.4) is 0 Å². The van der Waals surface area contributed by atoms with Crippen LogP contribution in [0.2, 0.25) is 0 Å². The quantitative estimate of drug-likeness (QED) is 0.380. The molecule has 1 unspecified atom stereocenters. The number of ketones is 1. The molecule has 3 rings (SSSR count). The summed E-state index contributed by atoms with van der Waals surface area (Å²) in [5.74, 6) is 0.251. The summed E-state index contributed by atoms with van der Waals surface area (Å²) in [5.41, 5.74) is 2.19. The summed E-state index contributed by atoms with van der Waals surface area (Å²) >= 11 is 0. The summed E-state index contributed by atoms with van der Waals surface area (Å²) in [7, 11) is -3.05. The number of Topliss-reactive ketones (excluding diaryl/α,β-unsaturated/α-hetero) is 1. The highest BCUT2D eigenvalue weighted by atomic mass is 32.2. The van der Waals surface area contributed by atoms with Gasteiger partial charge in [-0.2, -0.15) is 0 Å². The van der Waals surface area contributed by atoms with Gasteiger partial charge in [-0.15, -0.1) is 0 Å². The SMILES string of the molecule is CCCOc1ccc(C(=O)OCC(=O)c2cc(C)n(C3CCS(=O)(=O)C3)c2C)cc1OCC. The van der Waals surface area contributed by atoms with Crippen molar-refractivity contribution >= 4 is 21.6 Å².